The minimum absolute atomic E-state index is 0.304. The Morgan fingerprint density at radius 1 is 1.36 bits per heavy atom. The molecule has 0 unspecified atom stereocenters. The fourth-order valence-electron chi connectivity index (χ4n) is 0.456. The fourth-order valence-corrected chi connectivity index (χ4v) is 0.456. The second-order valence-corrected chi connectivity index (χ2v) is 3.01. The van der Waals surface area contributed by atoms with Gasteiger partial charge in [-0.2, -0.15) is 0 Å². The van der Waals surface area contributed by atoms with Gasteiger partial charge in [0.1, 0.15) is 0 Å². The molecule has 0 rings (SSSR count). The summed E-state index contributed by atoms with van der Waals surface area (Å²) in [5, 5.41) is 0. The molecule has 0 aromatic rings. The molecule has 0 aromatic heterocycles. The van der Waals surface area contributed by atoms with Gasteiger partial charge in [-0.3, -0.25) is 0 Å². The van der Waals surface area contributed by atoms with Gasteiger partial charge in [0, 0.05) is 6.54 Å². The van der Waals surface area contributed by atoms with Crippen LogP contribution in [-0.4, -0.2) is 44.1 Å². The summed E-state index contributed by atoms with van der Waals surface area (Å²) in [6.07, 6.45) is 0. The first-order valence-electron chi connectivity index (χ1n) is 3.89. The van der Waals surface area contributed by atoms with E-state index >= 15 is 0 Å². The van der Waals surface area contributed by atoms with Crippen molar-refractivity contribution in [1.82, 2.24) is 4.90 Å². The molecule has 0 spiro atoms. The van der Waals surface area contributed by atoms with Gasteiger partial charge in [0.2, 0.25) is 0 Å². The van der Waals surface area contributed by atoms with Crippen LogP contribution in [0.25, 0.3) is 0 Å². The summed E-state index contributed by atoms with van der Waals surface area (Å²) in [6, 6.07) is 2.97. The van der Waals surface area contributed by atoms with E-state index in [1.807, 2.05) is 27.9 Å². The zero-order valence-corrected chi connectivity index (χ0v) is 7.83. The molecular formula is C8H17N3. The van der Waals surface area contributed by atoms with E-state index in [1.165, 1.54) is 0 Å². The maximum absolute atomic E-state index is 3.99. The number of nitrogens with zero attached hydrogens (tertiary/aromatic N) is 3. The Kier molecular flexibility index (Phi) is 5.71. The summed E-state index contributed by atoms with van der Waals surface area (Å²) in [4.78, 5) is 10.1. The van der Waals surface area contributed by atoms with Crippen LogP contribution in [0.1, 0.15) is 13.8 Å². The molecular weight excluding hydrogens is 138 g/mol. The largest absolute Gasteiger partial charge is 0.308 e. The highest BCUT2D eigenvalue weighted by atomic mass is 15.1. The molecule has 0 fully saturated rings. The lowest BCUT2D eigenvalue weighted by Gasteiger charge is -2.03. The van der Waals surface area contributed by atoms with E-state index in [-0.39, 0.29) is 0 Å². The third-order valence-corrected chi connectivity index (χ3v) is 1.05. The predicted octanol–water partition coefficient (Wildman–Crippen LogP) is 1.13. The van der Waals surface area contributed by atoms with Crippen LogP contribution in [0.3, 0.4) is 0 Å². The number of aliphatic imine (C=N–C) groups is 2. The van der Waals surface area contributed by atoms with Crippen molar-refractivity contribution < 1.29 is 0 Å². The lowest BCUT2D eigenvalue weighted by atomic mass is 10.4. The molecule has 11 heavy (non-hydrogen) atoms. The van der Waals surface area contributed by atoms with Crippen molar-refractivity contribution in [1.29, 1.82) is 0 Å². The molecule has 0 bridgehead atoms. The molecule has 0 amide bonds. The van der Waals surface area contributed by atoms with E-state index < -0.39 is 0 Å². The van der Waals surface area contributed by atoms with Crippen molar-refractivity contribution in [2.24, 2.45) is 9.98 Å². The molecule has 0 saturated heterocycles. The van der Waals surface area contributed by atoms with Crippen molar-refractivity contribution in [2.45, 2.75) is 19.9 Å². The van der Waals surface area contributed by atoms with Gasteiger partial charge in [0.15, 0.2) is 0 Å². The fraction of sp³-hybridized carbons (Fsp3) is 0.875. The molecule has 0 heterocycles. The van der Waals surface area contributed by atoms with Gasteiger partial charge in [0.25, 0.3) is 0 Å². The minimum Gasteiger partial charge on any atom is -0.308 e. The third-order valence-electron chi connectivity index (χ3n) is 1.05. The standard InChI is InChI=1S/C8H17N3/c1-8(2)10-7-9-5-6-11(3)4/h8H,5-6H2,1-4H3. The van der Waals surface area contributed by atoms with E-state index in [0.29, 0.717) is 6.04 Å². The Hall–Kier alpha value is -0.660. The summed E-state index contributed by atoms with van der Waals surface area (Å²) < 4.78 is 0. The zero-order chi connectivity index (χ0) is 8.69. The van der Waals surface area contributed by atoms with Crippen LogP contribution >= 0.6 is 0 Å². The Bertz CT molecular complexity index is 143. The van der Waals surface area contributed by atoms with E-state index in [0.717, 1.165) is 13.1 Å². The van der Waals surface area contributed by atoms with Crippen LogP contribution in [0.15, 0.2) is 9.98 Å². The van der Waals surface area contributed by atoms with Gasteiger partial charge in [-0.25, -0.2) is 9.98 Å². The second-order valence-electron chi connectivity index (χ2n) is 3.01. The SMILES string of the molecule is CC(C)N=C=NCCN(C)C. The monoisotopic (exact) mass is 155 g/mol. The van der Waals surface area contributed by atoms with Gasteiger partial charge in [-0.1, -0.05) is 0 Å². The first kappa shape index (κ1) is 10.3. The van der Waals surface area contributed by atoms with E-state index in [4.69, 9.17) is 0 Å². The molecule has 0 aliphatic rings. The van der Waals surface area contributed by atoms with Crippen molar-refractivity contribution in [3.8, 4) is 0 Å². The van der Waals surface area contributed by atoms with E-state index in [9.17, 15) is 0 Å². The Morgan fingerprint density at radius 3 is 2.45 bits per heavy atom. The Balaban J connectivity index is 3.44. The van der Waals surface area contributed by atoms with Crippen LogP contribution in [0.2, 0.25) is 0 Å². The van der Waals surface area contributed by atoms with Gasteiger partial charge in [-0.05, 0) is 27.9 Å². The number of rotatable bonds is 4. The van der Waals surface area contributed by atoms with Crippen LogP contribution in [-0.2, 0) is 0 Å². The molecule has 0 aliphatic carbocycles. The molecule has 0 saturated carbocycles. The number of likely N-dealkylation sites (N-methyl/N-ethyl adjacent to an activating group) is 1. The molecule has 0 atom stereocenters. The lowest BCUT2D eigenvalue weighted by molar-refractivity contribution is 0.421. The highest BCUT2D eigenvalue weighted by Gasteiger charge is 1.84. The summed E-state index contributed by atoms with van der Waals surface area (Å²) in [5.41, 5.74) is 0. The van der Waals surface area contributed by atoms with Crippen molar-refractivity contribution in [3.05, 3.63) is 0 Å². The normalized spacial score (nSPS) is 10.0. The van der Waals surface area contributed by atoms with Crippen LogP contribution < -0.4 is 0 Å². The van der Waals surface area contributed by atoms with Crippen molar-refractivity contribution in [3.63, 3.8) is 0 Å². The van der Waals surface area contributed by atoms with Crippen molar-refractivity contribution >= 4 is 6.01 Å². The first-order chi connectivity index (χ1) is 5.13. The van der Waals surface area contributed by atoms with Crippen molar-refractivity contribution in [2.75, 3.05) is 27.2 Å². The zero-order valence-electron chi connectivity index (χ0n) is 7.83. The van der Waals surface area contributed by atoms with Gasteiger partial charge in [-0.15, -0.1) is 0 Å². The van der Waals surface area contributed by atoms with Crippen LogP contribution in [0, 0.1) is 0 Å². The summed E-state index contributed by atoms with van der Waals surface area (Å²) in [6.45, 7) is 5.76. The average Bonchev–Trinajstić information content (AvgIpc) is 1.85. The smallest absolute Gasteiger partial charge is 0.0895 e. The van der Waals surface area contributed by atoms with Gasteiger partial charge in [0.05, 0.1) is 18.6 Å². The molecule has 64 valence electrons. The molecule has 3 heteroatoms. The lowest BCUT2D eigenvalue weighted by Crippen LogP contribution is -2.15. The molecule has 0 aliphatic heterocycles. The van der Waals surface area contributed by atoms with E-state index in [1.54, 1.807) is 0 Å². The highest BCUT2D eigenvalue weighted by Crippen LogP contribution is 1.81. The maximum atomic E-state index is 3.99. The summed E-state index contributed by atoms with van der Waals surface area (Å²) >= 11 is 0. The predicted molar refractivity (Wildman–Crippen MR) is 48.4 cm³/mol. The Morgan fingerprint density at radius 2 is 2.00 bits per heavy atom. The quantitative estimate of drug-likeness (QED) is 0.559. The maximum Gasteiger partial charge on any atom is 0.0895 e. The Labute approximate surface area is 68.8 Å². The average molecular weight is 155 g/mol. The topological polar surface area (TPSA) is 28.0 Å². The van der Waals surface area contributed by atoms with Gasteiger partial charge >= 0.3 is 0 Å². The van der Waals surface area contributed by atoms with Crippen LogP contribution in [0.5, 0.6) is 0 Å². The van der Waals surface area contributed by atoms with E-state index in [2.05, 4.69) is 20.9 Å². The third kappa shape index (κ3) is 9.34. The number of hydrogen-bond donors (Lipinski definition) is 0. The first-order valence-corrected chi connectivity index (χ1v) is 3.89. The van der Waals surface area contributed by atoms with Crippen LogP contribution in [0.4, 0.5) is 0 Å². The molecule has 0 N–H and O–H groups in total. The molecule has 0 radical (unpaired) electrons. The molecule has 0 aromatic carbocycles. The molecule has 3 nitrogen and oxygen atoms in total. The summed E-state index contributed by atoms with van der Waals surface area (Å²) in [5.74, 6) is 0. The second kappa shape index (κ2) is 6.08. The summed E-state index contributed by atoms with van der Waals surface area (Å²) in [7, 11) is 4.05. The minimum atomic E-state index is 0.304. The highest BCUT2D eigenvalue weighted by molar-refractivity contribution is 5.41. The van der Waals surface area contributed by atoms with Gasteiger partial charge < -0.3 is 4.90 Å². The number of hydrogen-bond acceptors (Lipinski definition) is 3.